The van der Waals surface area contributed by atoms with Gasteiger partial charge in [-0.25, -0.2) is 4.39 Å². The van der Waals surface area contributed by atoms with Crippen LogP contribution >= 0.6 is 0 Å². The number of rotatable bonds is 6. The highest BCUT2D eigenvalue weighted by molar-refractivity contribution is 5.94. The van der Waals surface area contributed by atoms with Crippen molar-refractivity contribution in [2.75, 3.05) is 20.3 Å². The number of nitrogens with one attached hydrogen (secondary N) is 1. The molecule has 1 aromatic carbocycles. The molecular weight excluding hydrogens is 237 g/mol. The van der Waals surface area contributed by atoms with Crippen LogP contribution in [0.4, 0.5) is 4.39 Å². The third-order valence-electron chi connectivity index (χ3n) is 2.65. The summed E-state index contributed by atoms with van der Waals surface area (Å²) in [6, 6.07) is 4.07. The molecule has 1 aromatic rings. The number of ether oxygens (including phenoxy) is 1. The molecular formula is C13H18FNO3. The van der Waals surface area contributed by atoms with Crippen molar-refractivity contribution in [2.45, 2.75) is 13.3 Å². The van der Waals surface area contributed by atoms with E-state index in [1.165, 1.54) is 19.2 Å². The summed E-state index contributed by atoms with van der Waals surface area (Å²) in [6.45, 7) is 2.46. The van der Waals surface area contributed by atoms with Gasteiger partial charge in [-0.3, -0.25) is 4.79 Å². The maximum Gasteiger partial charge on any atom is 0.251 e. The quantitative estimate of drug-likeness (QED) is 0.811. The second kappa shape index (κ2) is 6.96. The monoisotopic (exact) mass is 255 g/mol. The van der Waals surface area contributed by atoms with Gasteiger partial charge in [-0.15, -0.1) is 0 Å². The number of hydrogen-bond acceptors (Lipinski definition) is 3. The zero-order valence-electron chi connectivity index (χ0n) is 10.6. The highest BCUT2D eigenvalue weighted by atomic mass is 19.1. The largest absolute Gasteiger partial charge is 0.494 e. The maximum absolute atomic E-state index is 13.4. The van der Waals surface area contributed by atoms with E-state index in [0.29, 0.717) is 13.0 Å². The predicted octanol–water partition coefficient (Wildman–Crippen LogP) is 1.58. The molecule has 0 spiro atoms. The van der Waals surface area contributed by atoms with Crippen LogP contribution in [-0.4, -0.2) is 31.3 Å². The van der Waals surface area contributed by atoms with Crippen molar-refractivity contribution in [1.29, 1.82) is 0 Å². The molecule has 1 rings (SSSR count). The zero-order valence-corrected chi connectivity index (χ0v) is 10.6. The lowest BCUT2D eigenvalue weighted by Gasteiger charge is -2.11. The van der Waals surface area contributed by atoms with E-state index < -0.39 is 5.82 Å². The van der Waals surface area contributed by atoms with Crippen molar-refractivity contribution in [1.82, 2.24) is 5.32 Å². The van der Waals surface area contributed by atoms with E-state index in [0.717, 1.165) is 6.07 Å². The molecule has 0 aromatic heterocycles. The molecule has 0 heterocycles. The molecule has 0 aliphatic heterocycles. The number of hydrogen-bond donors (Lipinski definition) is 2. The van der Waals surface area contributed by atoms with E-state index in [1.54, 1.807) is 0 Å². The van der Waals surface area contributed by atoms with Gasteiger partial charge in [0.1, 0.15) is 0 Å². The van der Waals surface area contributed by atoms with Gasteiger partial charge in [0.05, 0.1) is 7.11 Å². The molecule has 0 saturated heterocycles. The van der Waals surface area contributed by atoms with E-state index >= 15 is 0 Å². The summed E-state index contributed by atoms with van der Waals surface area (Å²) in [5.41, 5.74) is 0.254. The van der Waals surface area contributed by atoms with Gasteiger partial charge in [-0.1, -0.05) is 6.92 Å². The third kappa shape index (κ3) is 4.00. The standard InChI is InChI=1S/C13H18FNO3/c1-9(5-6-16)8-15-13(17)10-3-4-12(18-2)11(14)7-10/h3-4,7,9,16H,5-6,8H2,1-2H3,(H,15,17). The Morgan fingerprint density at radius 2 is 2.28 bits per heavy atom. The van der Waals surface area contributed by atoms with Gasteiger partial charge in [0.15, 0.2) is 11.6 Å². The van der Waals surface area contributed by atoms with E-state index in [2.05, 4.69) is 5.32 Å². The molecule has 1 unspecified atom stereocenters. The first-order chi connectivity index (χ1) is 8.58. The fourth-order valence-corrected chi connectivity index (χ4v) is 1.50. The minimum Gasteiger partial charge on any atom is -0.494 e. The Hall–Kier alpha value is -1.62. The Balaban J connectivity index is 2.59. The summed E-state index contributed by atoms with van der Waals surface area (Å²) in [6.07, 6.45) is 0.622. The number of methoxy groups -OCH3 is 1. The molecule has 1 amide bonds. The summed E-state index contributed by atoms with van der Waals surface area (Å²) >= 11 is 0. The molecule has 5 heteroatoms. The summed E-state index contributed by atoms with van der Waals surface area (Å²) in [5.74, 6) is -0.600. The SMILES string of the molecule is COc1ccc(C(=O)NCC(C)CCO)cc1F. The van der Waals surface area contributed by atoms with Crippen LogP contribution in [0.5, 0.6) is 5.75 Å². The van der Waals surface area contributed by atoms with Crippen LogP contribution in [-0.2, 0) is 0 Å². The van der Waals surface area contributed by atoms with Crippen molar-refractivity contribution in [3.05, 3.63) is 29.6 Å². The molecule has 0 saturated carbocycles. The van der Waals surface area contributed by atoms with Gasteiger partial charge in [0, 0.05) is 18.7 Å². The first-order valence-electron chi connectivity index (χ1n) is 5.81. The number of carbonyl (C=O) groups is 1. The number of amides is 1. The fraction of sp³-hybridized carbons (Fsp3) is 0.462. The Labute approximate surface area is 106 Å². The smallest absolute Gasteiger partial charge is 0.251 e. The van der Waals surface area contributed by atoms with Gasteiger partial charge < -0.3 is 15.2 Å². The van der Waals surface area contributed by atoms with Crippen molar-refractivity contribution < 1.29 is 19.0 Å². The Bertz CT molecular complexity index is 409. The number of aliphatic hydroxyl groups excluding tert-OH is 1. The average Bonchev–Trinajstić information content (AvgIpc) is 2.36. The summed E-state index contributed by atoms with van der Waals surface area (Å²) in [5, 5.41) is 11.4. The first kappa shape index (κ1) is 14.4. The van der Waals surface area contributed by atoms with Gasteiger partial charge in [-0.2, -0.15) is 0 Å². The number of carbonyl (C=O) groups excluding carboxylic acids is 1. The van der Waals surface area contributed by atoms with Gasteiger partial charge in [-0.05, 0) is 30.5 Å². The average molecular weight is 255 g/mol. The zero-order chi connectivity index (χ0) is 13.5. The normalized spacial score (nSPS) is 12.0. The molecule has 100 valence electrons. The van der Waals surface area contributed by atoms with Gasteiger partial charge in [0.25, 0.3) is 5.91 Å². The molecule has 2 N–H and O–H groups in total. The Kier molecular flexibility index (Phi) is 5.58. The van der Waals surface area contributed by atoms with E-state index in [-0.39, 0.29) is 29.7 Å². The second-order valence-electron chi connectivity index (χ2n) is 4.18. The van der Waals surface area contributed by atoms with Crippen LogP contribution in [0.3, 0.4) is 0 Å². The van der Waals surface area contributed by atoms with Crippen LogP contribution in [0.25, 0.3) is 0 Å². The highest BCUT2D eigenvalue weighted by Crippen LogP contribution is 2.17. The highest BCUT2D eigenvalue weighted by Gasteiger charge is 2.10. The van der Waals surface area contributed by atoms with E-state index in [9.17, 15) is 9.18 Å². The minimum atomic E-state index is -0.562. The molecule has 4 nitrogen and oxygen atoms in total. The number of aliphatic hydroxyl groups is 1. The third-order valence-corrected chi connectivity index (χ3v) is 2.65. The Morgan fingerprint density at radius 1 is 1.56 bits per heavy atom. The molecule has 0 fully saturated rings. The van der Waals surface area contributed by atoms with Crippen molar-refractivity contribution in [2.24, 2.45) is 5.92 Å². The lowest BCUT2D eigenvalue weighted by atomic mass is 10.1. The van der Waals surface area contributed by atoms with Crippen LogP contribution in [0, 0.1) is 11.7 Å². The molecule has 0 radical (unpaired) electrons. The van der Waals surface area contributed by atoms with Gasteiger partial charge >= 0.3 is 0 Å². The molecule has 18 heavy (non-hydrogen) atoms. The summed E-state index contributed by atoms with van der Waals surface area (Å²) < 4.78 is 18.2. The van der Waals surface area contributed by atoms with Crippen LogP contribution in [0.2, 0.25) is 0 Å². The van der Waals surface area contributed by atoms with E-state index in [1.807, 2.05) is 6.92 Å². The lowest BCUT2D eigenvalue weighted by Crippen LogP contribution is -2.28. The molecule has 1 atom stereocenters. The number of benzene rings is 1. The van der Waals surface area contributed by atoms with Gasteiger partial charge in [0.2, 0.25) is 0 Å². The topological polar surface area (TPSA) is 58.6 Å². The van der Waals surface area contributed by atoms with Crippen LogP contribution in [0.15, 0.2) is 18.2 Å². The summed E-state index contributed by atoms with van der Waals surface area (Å²) in [4.78, 5) is 11.7. The fourth-order valence-electron chi connectivity index (χ4n) is 1.50. The van der Waals surface area contributed by atoms with E-state index in [4.69, 9.17) is 9.84 Å². The minimum absolute atomic E-state index is 0.0915. The molecule has 0 aliphatic carbocycles. The predicted molar refractivity (Wildman–Crippen MR) is 66.2 cm³/mol. The van der Waals surface area contributed by atoms with Crippen LogP contribution in [0.1, 0.15) is 23.7 Å². The summed E-state index contributed by atoms with van der Waals surface area (Å²) in [7, 11) is 1.37. The van der Waals surface area contributed by atoms with Crippen molar-refractivity contribution in [3.8, 4) is 5.75 Å². The van der Waals surface area contributed by atoms with Crippen molar-refractivity contribution in [3.63, 3.8) is 0 Å². The van der Waals surface area contributed by atoms with Crippen molar-refractivity contribution >= 4 is 5.91 Å². The first-order valence-corrected chi connectivity index (χ1v) is 5.81. The second-order valence-corrected chi connectivity index (χ2v) is 4.18. The maximum atomic E-state index is 13.4. The molecule has 0 bridgehead atoms. The molecule has 0 aliphatic rings. The van der Waals surface area contributed by atoms with Crippen LogP contribution < -0.4 is 10.1 Å². The lowest BCUT2D eigenvalue weighted by molar-refractivity contribution is 0.0945. The number of halogens is 1. The Morgan fingerprint density at radius 3 is 2.83 bits per heavy atom.